The van der Waals surface area contributed by atoms with E-state index < -0.39 is 11.9 Å². The Morgan fingerprint density at radius 1 is 1.62 bits per heavy atom. The van der Waals surface area contributed by atoms with Gasteiger partial charge in [-0.15, -0.1) is 0 Å². The van der Waals surface area contributed by atoms with E-state index in [4.69, 9.17) is 10.8 Å². The highest BCUT2D eigenvalue weighted by Crippen LogP contribution is 1.89. The summed E-state index contributed by atoms with van der Waals surface area (Å²) in [6.07, 6.45) is -0.532. The minimum atomic E-state index is -0.532. The number of aliphatic hydroxyl groups excluding tert-OH is 1. The molecule has 0 radical (unpaired) electrons. The van der Waals surface area contributed by atoms with Gasteiger partial charge < -0.3 is 10.8 Å². The maximum absolute atomic E-state index is 8.70. The van der Waals surface area contributed by atoms with Crippen LogP contribution < -0.4 is 11.1 Å². The molecule has 50 valence electrons. The van der Waals surface area contributed by atoms with Gasteiger partial charge in [-0.25, -0.2) is 0 Å². The largest absolute Gasteiger partial charge is 0.379 e. The number of aliphatic hydroxyl groups is 1. The van der Waals surface area contributed by atoms with Crippen molar-refractivity contribution in [2.75, 3.05) is 0 Å². The molecular formula is C5H14N2O. The molecule has 0 rings (SSSR count). The van der Waals surface area contributed by atoms with Crippen molar-refractivity contribution < 1.29 is 5.11 Å². The second-order valence-corrected chi connectivity index (χ2v) is 2.54. The van der Waals surface area contributed by atoms with Crippen LogP contribution >= 0.6 is 0 Å². The summed E-state index contributed by atoms with van der Waals surface area (Å²) in [7, 11) is 0. The fraction of sp³-hybridized carbons (Fsp3) is 1.00. The van der Waals surface area contributed by atoms with Gasteiger partial charge in [0.05, 0.1) is 5.66 Å². The number of nitrogens with two attached hydrogens (primary N) is 1. The maximum atomic E-state index is 8.70. The molecule has 0 bridgehead atoms. The van der Waals surface area contributed by atoms with E-state index in [0.717, 1.165) is 0 Å². The van der Waals surface area contributed by atoms with Gasteiger partial charge in [-0.2, -0.15) is 0 Å². The highest BCUT2D eigenvalue weighted by Gasteiger charge is 2.10. The summed E-state index contributed by atoms with van der Waals surface area (Å²) in [5.74, 6) is 0. The van der Waals surface area contributed by atoms with Crippen LogP contribution in [0.1, 0.15) is 20.8 Å². The molecule has 0 saturated carbocycles. The summed E-state index contributed by atoms with van der Waals surface area (Å²) >= 11 is 0. The van der Waals surface area contributed by atoms with Crippen LogP contribution in [0.25, 0.3) is 0 Å². The molecule has 3 heteroatoms. The number of hydrogen-bond donors (Lipinski definition) is 3. The zero-order valence-electron chi connectivity index (χ0n) is 5.60. The van der Waals surface area contributed by atoms with E-state index >= 15 is 0 Å². The minimum Gasteiger partial charge on any atom is -0.379 e. The molecule has 8 heavy (non-hydrogen) atoms. The summed E-state index contributed by atoms with van der Waals surface area (Å²) in [5, 5.41) is 11.4. The Hall–Kier alpha value is -0.120. The van der Waals surface area contributed by atoms with E-state index in [1.165, 1.54) is 0 Å². The van der Waals surface area contributed by atoms with Gasteiger partial charge >= 0.3 is 0 Å². The Balaban J connectivity index is 3.39. The molecule has 0 aromatic carbocycles. The lowest BCUT2D eigenvalue weighted by Crippen LogP contribution is -2.51. The van der Waals surface area contributed by atoms with Gasteiger partial charge in [0.15, 0.2) is 0 Å². The van der Waals surface area contributed by atoms with Crippen molar-refractivity contribution in [2.24, 2.45) is 5.73 Å². The molecule has 0 aliphatic rings. The van der Waals surface area contributed by atoms with E-state index in [1.807, 2.05) is 0 Å². The zero-order valence-corrected chi connectivity index (χ0v) is 5.60. The molecule has 1 atom stereocenters. The summed E-state index contributed by atoms with van der Waals surface area (Å²) in [6.45, 7) is 5.22. The van der Waals surface area contributed by atoms with Crippen LogP contribution in [0.4, 0.5) is 0 Å². The molecule has 0 aliphatic heterocycles. The lowest BCUT2D eigenvalue weighted by molar-refractivity contribution is 0.120. The van der Waals surface area contributed by atoms with Gasteiger partial charge in [-0.3, -0.25) is 5.32 Å². The number of nitrogens with one attached hydrogen (secondary N) is 1. The third kappa shape index (κ3) is 5.88. The van der Waals surface area contributed by atoms with E-state index in [-0.39, 0.29) is 0 Å². The van der Waals surface area contributed by atoms with E-state index in [0.29, 0.717) is 0 Å². The van der Waals surface area contributed by atoms with Crippen LogP contribution in [0.2, 0.25) is 0 Å². The van der Waals surface area contributed by atoms with Crippen LogP contribution in [0, 0.1) is 0 Å². The highest BCUT2D eigenvalue weighted by molar-refractivity contribution is 4.67. The first-order valence-corrected chi connectivity index (χ1v) is 2.66. The number of hydrogen-bond acceptors (Lipinski definition) is 3. The Bertz CT molecular complexity index is 65.3. The monoisotopic (exact) mass is 118 g/mol. The summed E-state index contributed by atoms with van der Waals surface area (Å²) < 4.78 is 0. The highest BCUT2D eigenvalue weighted by atomic mass is 16.3. The van der Waals surface area contributed by atoms with Crippen LogP contribution in [0.15, 0.2) is 0 Å². The summed E-state index contributed by atoms with van der Waals surface area (Å²) in [6, 6.07) is 0. The smallest absolute Gasteiger partial charge is 0.103 e. The molecule has 0 fully saturated rings. The van der Waals surface area contributed by atoms with E-state index in [2.05, 4.69) is 5.32 Å². The Morgan fingerprint density at radius 2 is 2.00 bits per heavy atom. The number of rotatable bonds is 2. The molecular weight excluding hydrogens is 104 g/mol. The van der Waals surface area contributed by atoms with Crippen molar-refractivity contribution in [1.82, 2.24) is 5.32 Å². The first-order valence-electron chi connectivity index (χ1n) is 2.66. The van der Waals surface area contributed by atoms with Gasteiger partial charge in [0.1, 0.15) is 6.23 Å². The van der Waals surface area contributed by atoms with Crippen molar-refractivity contribution >= 4 is 0 Å². The van der Waals surface area contributed by atoms with Crippen molar-refractivity contribution in [3.8, 4) is 0 Å². The fourth-order valence-corrected chi connectivity index (χ4v) is 0.538. The first kappa shape index (κ1) is 7.88. The second kappa shape index (κ2) is 2.44. The molecule has 4 N–H and O–H groups in total. The van der Waals surface area contributed by atoms with Crippen molar-refractivity contribution in [3.63, 3.8) is 0 Å². The quantitative estimate of drug-likeness (QED) is 0.433. The fourth-order valence-electron chi connectivity index (χ4n) is 0.538. The van der Waals surface area contributed by atoms with Crippen LogP contribution in [0.5, 0.6) is 0 Å². The average molecular weight is 118 g/mol. The second-order valence-electron chi connectivity index (χ2n) is 2.54. The van der Waals surface area contributed by atoms with E-state index in [1.54, 1.807) is 20.8 Å². The average Bonchev–Trinajstić information content (AvgIpc) is 1.21. The van der Waals surface area contributed by atoms with Gasteiger partial charge in [0.2, 0.25) is 0 Å². The third-order valence-electron chi connectivity index (χ3n) is 0.581. The predicted molar refractivity (Wildman–Crippen MR) is 33.1 cm³/mol. The molecule has 0 saturated heterocycles. The minimum absolute atomic E-state index is 0.478. The lowest BCUT2D eigenvalue weighted by Gasteiger charge is -2.22. The van der Waals surface area contributed by atoms with Gasteiger partial charge in [-0.1, -0.05) is 0 Å². The molecule has 0 aromatic heterocycles. The van der Waals surface area contributed by atoms with Gasteiger partial charge in [0.25, 0.3) is 0 Å². The third-order valence-corrected chi connectivity index (χ3v) is 0.581. The molecule has 0 heterocycles. The predicted octanol–water partition coefficient (Wildman–Crippen LogP) is -0.391. The van der Waals surface area contributed by atoms with Crippen molar-refractivity contribution in [3.05, 3.63) is 0 Å². The molecule has 0 aliphatic carbocycles. The van der Waals surface area contributed by atoms with Crippen molar-refractivity contribution in [1.29, 1.82) is 0 Å². The molecule has 0 spiro atoms. The maximum Gasteiger partial charge on any atom is 0.103 e. The molecule has 1 unspecified atom stereocenters. The lowest BCUT2D eigenvalue weighted by atomic mass is 10.3. The topological polar surface area (TPSA) is 58.3 Å². The Kier molecular flexibility index (Phi) is 2.40. The summed E-state index contributed by atoms with van der Waals surface area (Å²) in [5.41, 5.74) is 4.99. The Labute approximate surface area is 49.9 Å². The van der Waals surface area contributed by atoms with Crippen molar-refractivity contribution in [2.45, 2.75) is 32.7 Å². The standard InChI is InChI=1S/C5H14N2O/c1-4(8)7-5(2,3)6/h4,7-8H,6H2,1-3H3. The van der Waals surface area contributed by atoms with Gasteiger partial charge in [0, 0.05) is 0 Å². The van der Waals surface area contributed by atoms with Crippen LogP contribution in [0.3, 0.4) is 0 Å². The van der Waals surface area contributed by atoms with Crippen LogP contribution in [-0.4, -0.2) is 17.0 Å². The molecule has 0 aromatic rings. The van der Waals surface area contributed by atoms with E-state index in [9.17, 15) is 0 Å². The SMILES string of the molecule is CC(O)NC(C)(C)N. The molecule has 3 nitrogen and oxygen atoms in total. The molecule has 0 amide bonds. The van der Waals surface area contributed by atoms with Crippen LogP contribution in [-0.2, 0) is 0 Å². The zero-order chi connectivity index (χ0) is 6.78. The Morgan fingerprint density at radius 3 is 2.00 bits per heavy atom. The first-order chi connectivity index (χ1) is 3.42. The summed E-state index contributed by atoms with van der Waals surface area (Å²) in [4.78, 5) is 0. The normalized spacial score (nSPS) is 16.1. The van der Waals surface area contributed by atoms with Gasteiger partial charge in [-0.05, 0) is 20.8 Å².